The van der Waals surface area contributed by atoms with Crippen molar-refractivity contribution in [1.29, 1.82) is 0 Å². The van der Waals surface area contributed by atoms with Gasteiger partial charge in [-0.1, -0.05) is 42.7 Å². The van der Waals surface area contributed by atoms with Crippen LogP contribution in [0.4, 0.5) is 0 Å². The highest BCUT2D eigenvalue weighted by Crippen LogP contribution is 2.20. The Labute approximate surface area is 115 Å². The van der Waals surface area contributed by atoms with Gasteiger partial charge in [0.05, 0.1) is 6.61 Å². The third-order valence-corrected chi connectivity index (χ3v) is 3.71. The van der Waals surface area contributed by atoms with Crippen molar-refractivity contribution in [3.05, 3.63) is 32.7 Å². The Morgan fingerprint density at radius 2 is 2.00 bits per heavy atom. The van der Waals surface area contributed by atoms with Crippen LogP contribution in [-0.4, -0.2) is 23.3 Å². The van der Waals surface area contributed by atoms with Crippen LogP contribution in [0.5, 0.6) is 0 Å². The van der Waals surface area contributed by atoms with Gasteiger partial charge in [0.25, 0.3) is 0 Å². The molecule has 0 saturated heterocycles. The minimum atomic E-state index is -0.217. The zero-order chi connectivity index (χ0) is 11.3. The molecule has 0 bridgehead atoms. The molecule has 0 spiro atoms. The van der Waals surface area contributed by atoms with E-state index in [2.05, 4.69) is 48.5 Å². The van der Waals surface area contributed by atoms with Gasteiger partial charge in [0.2, 0.25) is 0 Å². The standard InChI is InChI=1S/C9H9Br2NOS2/c10-7-1-6(2-8(11)3-7)4-12-9(5-13)15-14/h1-4,9,13-14H,5H2. The maximum absolute atomic E-state index is 8.91. The van der Waals surface area contributed by atoms with Crippen molar-refractivity contribution in [2.75, 3.05) is 6.61 Å². The van der Waals surface area contributed by atoms with Crippen LogP contribution in [0.3, 0.4) is 0 Å². The summed E-state index contributed by atoms with van der Waals surface area (Å²) in [5, 5.41) is 8.69. The number of hydrogen-bond donors (Lipinski definition) is 2. The van der Waals surface area contributed by atoms with Crippen LogP contribution in [0.2, 0.25) is 0 Å². The summed E-state index contributed by atoms with van der Waals surface area (Å²) in [6.45, 7) is -0.0140. The molecule has 15 heavy (non-hydrogen) atoms. The lowest BCUT2D eigenvalue weighted by Gasteiger charge is -2.03. The molecule has 0 amide bonds. The van der Waals surface area contributed by atoms with E-state index < -0.39 is 0 Å². The van der Waals surface area contributed by atoms with E-state index in [1.165, 1.54) is 10.8 Å². The van der Waals surface area contributed by atoms with E-state index in [0.29, 0.717) is 0 Å². The monoisotopic (exact) mass is 369 g/mol. The molecule has 1 atom stereocenters. The Hall–Kier alpha value is 0.510. The first-order valence-electron chi connectivity index (χ1n) is 4.06. The minimum Gasteiger partial charge on any atom is -0.393 e. The molecular weight excluding hydrogens is 362 g/mol. The summed E-state index contributed by atoms with van der Waals surface area (Å²) < 4.78 is 1.97. The molecule has 0 aromatic heterocycles. The van der Waals surface area contributed by atoms with Crippen LogP contribution in [-0.2, 0) is 0 Å². The molecule has 1 unspecified atom stereocenters. The molecule has 0 fully saturated rings. The maximum atomic E-state index is 8.91. The number of thiol groups is 1. The van der Waals surface area contributed by atoms with Gasteiger partial charge in [-0.15, -0.1) is 11.7 Å². The Morgan fingerprint density at radius 1 is 1.40 bits per heavy atom. The first-order chi connectivity index (χ1) is 7.15. The molecule has 0 saturated carbocycles. The van der Waals surface area contributed by atoms with Crippen LogP contribution in [0.15, 0.2) is 32.1 Å². The van der Waals surface area contributed by atoms with Gasteiger partial charge >= 0.3 is 0 Å². The molecule has 0 aliphatic heterocycles. The predicted octanol–water partition coefficient (Wildman–Crippen LogP) is 3.53. The average Bonchev–Trinajstić information content (AvgIpc) is 2.18. The number of aliphatic hydroxyl groups excluding tert-OH is 1. The molecule has 1 rings (SSSR count). The molecule has 0 heterocycles. The van der Waals surface area contributed by atoms with Gasteiger partial charge in [-0.05, 0) is 23.8 Å². The van der Waals surface area contributed by atoms with E-state index in [9.17, 15) is 0 Å². The third-order valence-electron chi connectivity index (χ3n) is 1.55. The number of aliphatic imine (C=N–C) groups is 1. The quantitative estimate of drug-likeness (QED) is 0.482. The fourth-order valence-corrected chi connectivity index (χ4v) is 2.80. The molecule has 0 aliphatic carbocycles. The molecule has 0 radical (unpaired) electrons. The topological polar surface area (TPSA) is 32.6 Å². The summed E-state index contributed by atoms with van der Waals surface area (Å²) in [6.07, 6.45) is 1.72. The summed E-state index contributed by atoms with van der Waals surface area (Å²) in [5.41, 5.74) is 0.970. The Balaban J connectivity index is 2.79. The van der Waals surface area contributed by atoms with Gasteiger partial charge in [-0.3, -0.25) is 4.99 Å². The van der Waals surface area contributed by atoms with Crippen molar-refractivity contribution in [3.8, 4) is 0 Å². The molecule has 1 aromatic rings. The highest BCUT2D eigenvalue weighted by molar-refractivity contribution is 9.11. The van der Waals surface area contributed by atoms with Crippen molar-refractivity contribution in [3.63, 3.8) is 0 Å². The van der Waals surface area contributed by atoms with Gasteiger partial charge in [-0.25, -0.2) is 0 Å². The first kappa shape index (κ1) is 13.6. The van der Waals surface area contributed by atoms with Crippen LogP contribution >= 0.6 is 54.3 Å². The smallest absolute Gasteiger partial charge is 0.128 e. The van der Waals surface area contributed by atoms with Crippen molar-refractivity contribution in [2.45, 2.75) is 5.37 Å². The number of halogens is 2. The third kappa shape index (κ3) is 4.91. The lowest BCUT2D eigenvalue weighted by molar-refractivity contribution is 0.298. The van der Waals surface area contributed by atoms with E-state index in [-0.39, 0.29) is 12.0 Å². The Kier molecular flexibility index (Phi) is 6.30. The number of aliphatic hydroxyl groups is 1. The number of rotatable bonds is 4. The van der Waals surface area contributed by atoms with Crippen molar-refractivity contribution < 1.29 is 5.11 Å². The van der Waals surface area contributed by atoms with Crippen LogP contribution in [0.25, 0.3) is 0 Å². The number of nitrogens with zero attached hydrogens (tertiary/aromatic N) is 1. The van der Waals surface area contributed by atoms with Gasteiger partial charge in [0, 0.05) is 15.2 Å². The van der Waals surface area contributed by atoms with E-state index >= 15 is 0 Å². The second-order valence-electron chi connectivity index (χ2n) is 2.72. The molecule has 0 aliphatic rings. The normalized spacial score (nSPS) is 13.3. The van der Waals surface area contributed by atoms with Gasteiger partial charge in [0.1, 0.15) is 5.37 Å². The second-order valence-corrected chi connectivity index (χ2v) is 5.94. The highest BCUT2D eigenvalue weighted by atomic mass is 79.9. The van der Waals surface area contributed by atoms with Crippen molar-refractivity contribution >= 4 is 60.5 Å². The Bertz CT molecular complexity index is 336. The van der Waals surface area contributed by atoms with Crippen molar-refractivity contribution in [2.24, 2.45) is 4.99 Å². The summed E-state index contributed by atoms with van der Waals surface area (Å²) >= 11 is 10.8. The summed E-state index contributed by atoms with van der Waals surface area (Å²) in [5.74, 6) is 0. The first-order valence-corrected chi connectivity index (χ1v) is 7.58. The van der Waals surface area contributed by atoms with Crippen LogP contribution in [0.1, 0.15) is 5.56 Å². The zero-order valence-corrected chi connectivity index (χ0v) is 12.5. The largest absolute Gasteiger partial charge is 0.393 e. The molecule has 6 heteroatoms. The second kappa shape index (κ2) is 6.96. The number of hydrogen-bond acceptors (Lipinski definition) is 4. The lowest BCUT2D eigenvalue weighted by atomic mass is 10.2. The molecule has 1 N–H and O–H groups in total. The maximum Gasteiger partial charge on any atom is 0.128 e. The Morgan fingerprint density at radius 3 is 2.47 bits per heavy atom. The fraction of sp³-hybridized carbons (Fsp3) is 0.222. The molecule has 82 valence electrons. The summed E-state index contributed by atoms with van der Waals surface area (Å²) in [4.78, 5) is 4.18. The minimum absolute atomic E-state index is 0.0140. The van der Waals surface area contributed by atoms with E-state index in [1.54, 1.807) is 6.21 Å². The van der Waals surface area contributed by atoms with Crippen LogP contribution < -0.4 is 0 Å². The average molecular weight is 371 g/mol. The molecule has 2 nitrogen and oxygen atoms in total. The van der Waals surface area contributed by atoms with Crippen molar-refractivity contribution in [1.82, 2.24) is 0 Å². The SMILES string of the molecule is OCC(N=Cc1cc(Br)cc(Br)c1)SS. The van der Waals surface area contributed by atoms with Gasteiger partial charge in [0.15, 0.2) is 0 Å². The summed E-state index contributed by atoms with van der Waals surface area (Å²) in [6, 6.07) is 5.85. The van der Waals surface area contributed by atoms with E-state index in [4.69, 9.17) is 5.11 Å². The van der Waals surface area contributed by atoms with E-state index in [0.717, 1.165) is 14.5 Å². The van der Waals surface area contributed by atoms with Gasteiger partial charge < -0.3 is 5.11 Å². The molecule has 1 aromatic carbocycles. The fourth-order valence-electron chi connectivity index (χ4n) is 0.927. The lowest BCUT2D eigenvalue weighted by Crippen LogP contribution is -2.02. The number of benzene rings is 1. The highest BCUT2D eigenvalue weighted by Gasteiger charge is 2.01. The summed E-state index contributed by atoms with van der Waals surface area (Å²) in [7, 11) is 1.22. The van der Waals surface area contributed by atoms with E-state index in [1.807, 2.05) is 18.2 Å². The predicted molar refractivity (Wildman–Crippen MR) is 76.9 cm³/mol. The van der Waals surface area contributed by atoms with Gasteiger partial charge in [-0.2, -0.15) is 0 Å². The molecular formula is C9H9Br2NOS2. The zero-order valence-electron chi connectivity index (χ0n) is 7.60. The van der Waals surface area contributed by atoms with Crippen LogP contribution in [0, 0.1) is 0 Å².